The molecule has 16 heavy (non-hydrogen) atoms. The Bertz CT molecular complexity index is 415. The van der Waals surface area contributed by atoms with Gasteiger partial charge in [0.2, 0.25) is 6.75 Å². The molecule has 4 heteroatoms. The summed E-state index contributed by atoms with van der Waals surface area (Å²) in [6.45, 7) is 3.10. The van der Waals surface area contributed by atoms with Crippen LogP contribution in [-0.2, 0) is 6.42 Å². The van der Waals surface area contributed by atoms with E-state index < -0.39 is 6.75 Å². The average molecular weight is 246 g/mol. The molecule has 1 aliphatic heterocycles. The molecule has 0 aliphatic carbocycles. The van der Waals surface area contributed by atoms with Crippen molar-refractivity contribution >= 4 is 12.4 Å². The molecule has 1 aromatic rings. The van der Waals surface area contributed by atoms with E-state index in [1.807, 2.05) is 12.1 Å². The summed E-state index contributed by atoms with van der Waals surface area (Å²) in [4.78, 5) is 0. The van der Waals surface area contributed by atoms with Gasteiger partial charge in [0, 0.05) is 6.04 Å². The van der Waals surface area contributed by atoms with E-state index in [0.717, 1.165) is 18.5 Å². The van der Waals surface area contributed by atoms with Crippen molar-refractivity contribution in [1.29, 1.82) is 0 Å². The Morgan fingerprint density at radius 1 is 1.44 bits per heavy atom. The van der Waals surface area contributed by atoms with Crippen LogP contribution in [-0.4, -0.2) is 19.3 Å². The summed E-state index contributed by atoms with van der Waals surface area (Å²) in [6.07, 6.45) is 0.882. The predicted octanol–water partition coefficient (Wildman–Crippen LogP) is 2.38. The minimum atomic E-state index is -2.03. The highest BCUT2D eigenvalue weighted by Crippen LogP contribution is 2.32. The number of likely N-dealkylation sites (N-methyl/N-ethyl adjacent to an activating group) is 1. The number of hydrogen-bond donors (Lipinski definition) is 1. The molecule has 0 amide bonds. The summed E-state index contributed by atoms with van der Waals surface area (Å²) in [7, 11) is 0. The topological polar surface area (TPSA) is 30.5 Å². The zero-order valence-electron chi connectivity index (χ0n) is 11.4. The predicted molar refractivity (Wildman–Crippen MR) is 66.7 cm³/mol. The quantitative estimate of drug-likeness (QED) is 0.884. The van der Waals surface area contributed by atoms with Crippen LogP contribution in [0, 0.1) is 0 Å². The van der Waals surface area contributed by atoms with Crippen molar-refractivity contribution in [1.82, 2.24) is 5.32 Å². The van der Waals surface area contributed by atoms with E-state index in [-0.39, 0.29) is 12.4 Å². The van der Waals surface area contributed by atoms with Gasteiger partial charge in [-0.15, -0.1) is 12.4 Å². The first-order chi connectivity index (χ1) is 8.00. The first kappa shape index (κ1) is 10.2. The fourth-order valence-corrected chi connectivity index (χ4v) is 1.73. The molecule has 1 N–H and O–H groups in total. The first-order valence-electron chi connectivity index (χ1n) is 6.24. The van der Waals surface area contributed by atoms with Gasteiger partial charge in [0.15, 0.2) is 11.5 Å². The molecule has 0 aromatic heterocycles. The van der Waals surface area contributed by atoms with E-state index in [1.54, 1.807) is 6.07 Å². The second-order valence-electron chi connectivity index (χ2n) is 3.73. The summed E-state index contributed by atoms with van der Waals surface area (Å²) in [5.74, 6) is 0.950. The van der Waals surface area contributed by atoms with Gasteiger partial charge in [0.25, 0.3) is 0 Å². The summed E-state index contributed by atoms with van der Waals surface area (Å²) >= 11 is 0. The van der Waals surface area contributed by atoms with Gasteiger partial charge in [-0.05, 0) is 37.6 Å². The van der Waals surface area contributed by atoms with Gasteiger partial charge < -0.3 is 14.8 Å². The second-order valence-corrected chi connectivity index (χ2v) is 3.73. The maximum Gasteiger partial charge on any atom is 0.231 e. The van der Waals surface area contributed by atoms with Crippen LogP contribution < -0.4 is 14.8 Å². The SMILES string of the molecule is Cl.[2H]C1([2H])Oc2ccc(CC(C)NCC)cc2O1. The number of fused-ring (bicyclic) bond motifs is 1. The molecule has 1 heterocycles. The van der Waals surface area contributed by atoms with Crippen molar-refractivity contribution in [2.75, 3.05) is 13.3 Å². The fraction of sp³-hybridized carbons (Fsp3) is 0.500. The van der Waals surface area contributed by atoms with Gasteiger partial charge in [-0.1, -0.05) is 13.0 Å². The molecule has 2 rings (SSSR count). The van der Waals surface area contributed by atoms with Crippen LogP contribution in [0.2, 0.25) is 0 Å². The Hall–Kier alpha value is -0.930. The molecular weight excluding hydrogens is 226 g/mol. The van der Waals surface area contributed by atoms with Gasteiger partial charge >= 0.3 is 0 Å². The second kappa shape index (κ2) is 5.97. The third kappa shape index (κ3) is 3.03. The van der Waals surface area contributed by atoms with Crippen molar-refractivity contribution in [3.63, 3.8) is 0 Å². The van der Waals surface area contributed by atoms with Crippen molar-refractivity contribution in [3.05, 3.63) is 23.8 Å². The number of nitrogens with one attached hydrogen (secondary N) is 1. The van der Waals surface area contributed by atoms with Crippen molar-refractivity contribution < 1.29 is 12.2 Å². The normalized spacial score (nSPS) is 19.4. The van der Waals surface area contributed by atoms with Crippen molar-refractivity contribution in [3.8, 4) is 11.5 Å². The molecule has 0 spiro atoms. The average Bonchev–Trinajstić information content (AvgIpc) is 2.51. The maximum absolute atomic E-state index is 7.36. The smallest absolute Gasteiger partial charge is 0.231 e. The number of halogens is 1. The Kier molecular flexibility index (Phi) is 3.82. The molecule has 0 saturated heterocycles. The van der Waals surface area contributed by atoms with Crippen LogP contribution in [0.15, 0.2) is 18.2 Å². The lowest BCUT2D eigenvalue weighted by Gasteiger charge is -2.12. The lowest BCUT2D eigenvalue weighted by atomic mass is 10.1. The minimum Gasteiger partial charge on any atom is -0.454 e. The first-order valence-corrected chi connectivity index (χ1v) is 5.24. The van der Waals surface area contributed by atoms with E-state index in [4.69, 9.17) is 12.2 Å². The van der Waals surface area contributed by atoms with Gasteiger partial charge in [-0.25, -0.2) is 0 Å². The number of benzene rings is 1. The lowest BCUT2D eigenvalue weighted by Crippen LogP contribution is -2.27. The van der Waals surface area contributed by atoms with E-state index in [2.05, 4.69) is 19.2 Å². The maximum atomic E-state index is 7.36. The van der Waals surface area contributed by atoms with Crippen molar-refractivity contribution in [2.45, 2.75) is 26.3 Å². The van der Waals surface area contributed by atoms with Crippen LogP contribution in [0.1, 0.15) is 22.2 Å². The Morgan fingerprint density at radius 2 is 2.19 bits per heavy atom. The number of ether oxygens (including phenoxy) is 2. The van der Waals surface area contributed by atoms with E-state index >= 15 is 0 Å². The summed E-state index contributed by atoms with van der Waals surface area (Å²) in [6, 6.07) is 5.93. The van der Waals surface area contributed by atoms with Gasteiger partial charge in [0.1, 0.15) is 2.74 Å². The van der Waals surface area contributed by atoms with Gasteiger partial charge in [-0.3, -0.25) is 0 Å². The summed E-state index contributed by atoms with van der Waals surface area (Å²) in [5.41, 5.74) is 1.11. The summed E-state index contributed by atoms with van der Waals surface area (Å²) in [5, 5.41) is 3.33. The molecule has 90 valence electrons. The Morgan fingerprint density at radius 3 is 2.94 bits per heavy atom. The molecule has 1 atom stereocenters. The van der Waals surface area contributed by atoms with Crippen LogP contribution in [0.4, 0.5) is 0 Å². The highest BCUT2D eigenvalue weighted by molar-refractivity contribution is 5.85. The van der Waals surface area contributed by atoms with Gasteiger partial charge in [0.05, 0.1) is 0 Å². The summed E-state index contributed by atoms with van der Waals surface area (Å²) < 4.78 is 24.8. The van der Waals surface area contributed by atoms with Crippen LogP contribution in [0.25, 0.3) is 0 Å². The third-order valence-corrected chi connectivity index (χ3v) is 2.41. The molecule has 0 fully saturated rings. The molecule has 1 aromatic carbocycles. The molecule has 3 nitrogen and oxygen atoms in total. The lowest BCUT2D eigenvalue weighted by molar-refractivity contribution is 0.174. The molecule has 0 bridgehead atoms. The molecule has 1 unspecified atom stereocenters. The van der Waals surface area contributed by atoms with E-state index in [1.165, 1.54) is 0 Å². The zero-order chi connectivity index (χ0) is 12.5. The standard InChI is InChI=1S/C12H17NO2.ClH/c1-3-13-9(2)6-10-4-5-11-12(7-10)15-8-14-11;/h4-5,7,9,13H,3,6,8H2,1-2H3;1H/i8D2;. The van der Waals surface area contributed by atoms with E-state index in [0.29, 0.717) is 17.5 Å². The Labute approximate surface area is 105 Å². The van der Waals surface area contributed by atoms with Gasteiger partial charge in [-0.2, -0.15) is 0 Å². The minimum absolute atomic E-state index is 0. The highest BCUT2D eigenvalue weighted by atomic mass is 35.5. The number of hydrogen-bond acceptors (Lipinski definition) is 3. The molecule has 0 radical (unpaired) electrons. The molecule has 0 saturated carbocycles. The highest BCUT2D eigenvalue weighted by Gasteiger charge is 2.13. The van der Waals surface area contributed by atoms with Crippen LogP contribution in [0.3, 0.4) is 0 Å². The van der Waals surface area contributed by atoms with E-state index in [9.17, 15) is 0 Å². The molecule has 1 aliphatic rings. The fourth-order valence-electron chi connectivity index (χ4n) is 1.73. The third-order valence-electron chi connectivity index (χ3n) is 2.41. The van der Waals surface area contributed by atoms with Crippen LogP contribution in [0.5, 0.6) is 11.5 Å². The molecular formula is C12H18ClNO2. The monoisotopic (exact) mass is 245 g/mol. The number of rotatable bonds is 4. The zero-order valence-corrected chi connectivity index (χ0v) is 10.3. The largest absolute Gasteiger partial charge is 0.454 e. The van der Waals surface area contributed by atoms with Crippen molar-refractivity contribution in [2.24, 2.45) is 0 Å². The van der Waals surface area contributed by atoms with Crippen LogP contribution >= 0.6 is 12.4 Å². The Balaban J connectivity index is 0.00000162.